The molecular weight excluding hydrogens is 292 g/mol. The van der Waals surface area contributed by atoms with Crippen molar-refractivity contribution in [1.82, 2.24) is 9.97 Å². The van der Waals surface area contributed by atoms with Crippen molar-refractivity contribution in [3.05, 3.63) is 41.1 Å². The molecule has 4 nitrogen and oxygen atoms in total. The number of hydrogen-bond acceptors (Lipinski definition) is 4. The fraction of sp³-hybridized carbons (Fsp3) is 0.231. The van der Waals surface area contributed by atoms with Crippen molar-refractivity contribution in [1.29, 1.82) is 0 Å². The number of nitrogens with one attached hydrogen (secondary N) is 1. The molecule has 18 heavy (non-hydrogen) atoms. The van der Waals surface area contributed by atoms with E-state index in [0.29, 0.717) is 6.54 Å². The van der Waals surface area contributed by atoms with Gasteiger partial charge in [0.25, 0.3) is 0 Å². The molecule has 1 aromatic heterocycles. The largest absolute Gasteiger partial charge is 0.383 e. The van der Waals surface area contributed by atoms with E-state index in [9.17, 15) is 0 Å². The third-order valence-corrected chi connectivity index (χ3v) is 2.99. The lowest BCUT2D eigenvalue weighted by atomic mass is 10.2. The highest BCUT2D eigenvalue weighted by atomic mass is 79.9. The second-order valence-corrected chi connectivity index (χ2v) is 4.79. The van der Waals surface area contributed by atoms with E-state index in [-0.39, 0.29) is 0 Å². The molecule has 1 heterocycles. The quantitative estimate of drug-likeness (QED) is 0.834. The Morgan fingerprint density at radius 2 is 1.78 bits per heavy atom. The zero-order chi connectivity index (χ0) is 12.8. The third-order valence-electron chi connectivity index (χ3n) is 2.46. The van der Waals surface area contributed by atoms with Gasteiger partial charge in [0.05, 0.1) is 18.1 Å². The van der Waals surface area contributed by atoms with E-state index >= 15 is 0 Å². The molecule has 1 aromatic carbocycles. The molecule has 0 aliphatic carbocycles. The van der Waals surface area contributed by atoms with Crippen LogP contribution >= 0.6 is 15.9 Å². The van der Waals surface area contributed by atoms with Gasteiger partial charge in [-0.1, -0.05) is 28.1 Å². The highest BCUT2D eigenvalue weighted by Crippen LogP contribution is 2.18. The van der Waals surface area contributed by atoms with Gasteiger partial charge in [-0.3, -0.25) is 0 Å². The van der Waals surface area contributed by atoms with Gasteiger partial charge in [0.1, 0.15) is 0 Å². The molecule has 0 aliphatic heterocycles. The smallest absolute Gasteiger partial charge is 0.159 e. The fourth-order valence-electron chi connectivity index (χ4n) is 1.50. The molecule has 0 bridgehead atoms. The van der Waals surface area contributed by atoms with Crippen LogP contribution in [0.15, 0.2) is 41.1 Å². The molecule has 0 fully saturated rings. The van der Waals surface area contributed by atoms with Crippen LogP contribution in [0.1, 0.15) is 6.42 Å². The Balaban J connectivity index is 2.05. The molecule has 0 atom stereocenters. The minimum atomic E-state index is 0.685. The summed E-state index contributed by atoms with van der Waals surface area (Å²) < 4.78 is 1.05. The van der Waals surface area contributed by atoms with Crippen LogP contribution in [-0.4, -0.2) is 23.1 Å². The Kier molecular flexibility index (Phi) is 4.66. The summed E-state index contributed by atoms with van der Waals surface area (Å²) in [5, 5.41) is 3.22. The average molecular weight is 307 g/mol. The summed E-state index contributed by atoms with van der Waals surface area (Å²) in [4.78, 5) is 8.67. The van der Waals surface area contributed by atoms with E-state index in [1.54, 1.807) is 12.4 Å². The van der Waals surface area contributed by atoms with Gasteiger partial charge < -0.3 is 11.1 Å². The summed E-state index contributed by atoms with van der Waals surface area (Å²) in [6.45, 7) is 1.53. The summed E-state index contributed by atoms with van der Waals surface area (Å²) >= 11 is 3.40. The van der Waals surface area contributed by atoms with E-state index in [1.165, 1.54) is 0 Å². The summed E-state index contributed by atoms with van der Waals surface area (Å²) in [6.07, 6.45) is 4.52. The van der Waals surface area contributed by atoms with E-state index in [0.717, 1.165) is 34.5 Å². The number of aromatic nitrogens is 2. The van der Waals surface area contributed by atoms with Crippen LogP contribution in [0.25, 0.3) is 11.4 Å². The molecule has 0 saturated carbocycles. The monoisotopic (exact) mass is 306 g/mol. The minimum absolute atomic E-state index is 0.685. The fourth-order valence-corrected chi connectivity index (χ4v) is 1.77. The normalized spacial score (nSPS) is 10.3. The maximum atomic E-state index is 5.43. The van der Waals surface area contributed by atoms with Crippen LogP contribution in [0.3, 0.4) is 0 Å². The van der Waals surface area contributed by atoms with Crippen LogP contribution in [-0.2, 0) is 0 Å². The summed E-state index contributed by atoms with van der Waals surface area (Å²) in [5.41, 5.74) is 7.36. The Labute approximate surface area is 115 Å². The molecule has 0 saturated heterocycles. The second-order valence-electron chi connectivity index (χ2n) is 3.87. The van der Waals surface area contributed by atoms with Crippen molar-refractivity contribution >= 4 is 21.6 Å². The maximum absolute atomic E-state index is 5.43. The molecule has 2 rings (SSSR count). The minimum Gasteiger partial charge on any atom is -0.383 e. The van der Waals surface area contributed by atoms with Gasteiger partial charge in [-0.05, 0) is 25.1 Å². The molecule has 0 aliphatic rings. The SMILES string of the molecule is NCCCNc1cnc(-c2ccc(Br)cc2)nc1. The van der Waals surface area contributed by atoms with Crippen molar-refractivity contribution in [3.8, 4) is 11.4 Å². The van der Waals surface area contributed by atoms with E-state index in [2.05, 4.69) is 31.2 Å². The third kappa shape index (κ3) is 3.51. The number of halogens is 1. The summed E-state index contributed by atoms with van der Waals surface area (Å²) in [6, 6.07) is 7.93. The van der Waals surface area contributed by atoms with Gasteiger partial charge in [-0.2, -0.15) is 0 Å². The maximum Gasteiger partial charge on any atom is 0.159 e. The number of nitrogens with two attached hydrogens (primary N) is 1. The first-order valence-electron chi connectivity index (χ1n) is 5.81. The summed E-state index contributed by atoms with van der Waals surface area (Å²) in [5.74, 6) is 0.729. The van der Waals surface area contributed by atoms with Gasteiger partial charge >= 0.3 is 0 Å². The van der Waals surface area contributed by atoms with Crippen LogP contribution in [0, 0.1) is 0 Å². The predicted molar refractivity (Wildman–Crippen MR) is 77.3 cm³/mol. The first-order chi connectivity index (χ1) is 8.79. The van der Waals surface area contributed by atoms with Crippen LogP contribution in [0.2, 0.25) is 0 Å². The van der Waals surface area contributed by atoms with Crippen LogP contribution in [0.5, 0.6) is 0 Å². The number of anilines is 1. The molecule has 0 radical (unpaired) electrons. The Hall–Kier alpha value is -1.46. The zero-order valence-electron chi connectivity index (χ0n) is 9.94. The molecule has 0 unspecified atom stereocenters. The van der Waals surface area contributed by atoms with Crippen LogP contribution < -0.4 is 11.1 Å². The Morgan fingerprint density at radius 3 is 2.39 bits per heavy atom. The molecule has 0 spiro atoms. The Bertz CT molecular complexity index is 481. The summed E-state index contributed by atoms with van der Waals surface area (Å²) in [7, 11) is 0. The number of benzene rings is 1. The first-order valence-corrected chi connectivity index (χ1v) is 6.61. The van der Waals surface area contributed by atoms with Gasteiger partial charge in [-0.25, -0.2) is 9.97 Å². The van der Waals surface area contributed by atoms with Crippen molar-refractivity contribution in [2.24, 2.45) is 5.73 Å². The molecule has 94 valence electrons. The first kappa shape index (κ1) is 13.0. The lowest BCUT2D eigenvalue weighted by molar-refractivity contribution is 0.872. The number of hydrogen-bond donors (Lipinski definition) is 2. The molecule has 0 amide bonds. The Morgan fingerprint density at radius 1 is 1.11 bits per heavy atom. The van der Waals surface area contributed by atoms with Gasteiger partial charge in [-0.15, -0.1) is 0 Å². The van der Waals surface area contributed by atoms with Crippen molar-refractivity contribution in [3.63, 3.8) is 0 Å². The van der Waals surface area contributed by atoms with E-state index in [1.807, 2.05) is 24.3 Å². The second kappa shape index (κ2) is 6.47. The topological polar surface area (TPSA) is 63.8 Å². The highest BCUT2D eigenvalue weighted by Gasteiger charge is 2.00. The van der Waals surface area contributed by atoms with Crippen molar-refractivity contribution in [2.75, 3.05) is 18.4 Å². The predicted octanol–water partition coefficient (Wildman–Crippen LogP) is 2.67. The molecule has 3 N–H and O–H groups in total. The van der Waals surface area contributed by atoms with Gasteiger partial charge in [0.15, 0.2) is 5.82 Å². The van der Waals surface area contributed by atoms with Crippen LogP contribution in [0.4, 0.5) is 5.69 Å². The number of nitrogens with zero attached hydrogens (tertiary/aromatic N) is 2. The van der Waals surface area contributed by atoms with Crippen molar-refractivity contribution < 1.29 is 0 Å². The molecular formula is C13H15BrN4. The van der Waals surface area contributed by atoms with Gasteiger partial charge in [0.2, 0.25) is 0 Å². The zero-order valence-corrected chi connectivity index (χ0v) is 11.5. The van der Waals surface area contributed by atoms with E-state index < -0.39 is 0 Å². The highest BCUT2D eigenvalue weighted by molar-refractivity contribution is 9.10. The lowest BCUT2D eigenvalue weighted by Gasteiger charge is -2.05. The number of rotatable bonds is 5. The van der Waals surface area contributed by atoms with Gasteiger partial charge in [0, 0.05) is 16.6 Å². The average Bonchev–Trinajstić information content (AvgIpc) is 2.41. The molecule has 5 heteroatoms. The molecule has 2 aromatic rings. The lowest BCUT2D eigenvalue weighted by Crippen LogP contribution is -2.08. The van der Waals surface area contributed by atoms with E-state index in [4.69, 9.17) is 5.73 Å². The standard InChI is InChI=1S/C13H15BrN4/c14-11-4-2-10(3-5-11)13-17-8-12(9-18-13)16-7-1-6-15/h2-5,8-9,16H,1,6-7,15H2. The van der Waals surface area contributed by atoms with Crippen molar-refractivity contribution in [2.45, 2.75) is 6.42 Å².